The number of amides is 1. The van der Waals surface area contributed by atoms with Gasteiger partial charge in [-0.15, -0.1) is 0 Å². The lowest BCUT2D eigenvalue weighted by atomic mass is 10.1. The van der Waals surface area contributed by atoms with Gasteiger partial charge in [0, 0.05) is 25.2 Å². The van der Waals surface area contributed by atoms with Crippen LogP contribution in [-0.4, -0.2) is 30.1 Å². The molecule has 6 heteroatoms. The van der Waals surface area contributed by atoms with E-state index in [0.717, 1.165) is 6.07 Å². The van der Waals surface area contributed by atoms with Crippen LogP contribution >= 0.6 is 0 Å². The van der Waals surface area contributed by atoms with Crippen LogP contribution in [0.4, 0.5) is 14.5 Å². The van der Waals surface area contributed by atoms with Crippen molar-refractivity contribution in [2.24, 2.45) is 0 Å². The lowest BCUT2D eigenvalue weighted by Crippen LogP contribution is -2.37. The van der Waals surface area contributed by atoms with Gasteiger partial charge in [0.05, 0.1) is 18.2 Å². The Kier molecular flexibility index (Phi) is 5.28. The minimum Gasteiger partial charge on any atom is -0.388 e. The lowest BCUT2D eigenvalue weighted by Gasteiger charge is -2.20. The van der Waals surface area contributed by atoms with Crippen molar-refractivity contribution in [2.75, 3.05) is 18.0 Å². The Balaban J connectivity index is 1.53. The highest BCUT2D eigenvalue weighted by Gasteiger charge is 2.26. The summed E-state index contributed by atoms with van der Waals surface area (Å²) in [5.74, 6) is -1.46. The number of carbonyl (C=O) groups excluding carboxylic acids is 1. The number of nitrogens with zero attached hydrogens (tertiary/aromatic N) is 1. The summed E-state index contributed by atoms with van der Waals surface area (Å²) >= 11 is 0. The van der Waals surface area contributed by atoms with Crippen molar-refractivity contribution in [1.82, 2.24) is 5.32 Å². The predicted octanol–water partition coefficient (Wildman–Crippen LogP) is 2.78. The minimum atomic E-state index is -0.853. The Labute approximate surface area is 145 Å². The van der Waals surface area contributed by atoms with E-state index in [2.05, 4.69) is 5.32 Å². The first-order valence-electron chi connectivity index (χ1n) is 8.25. The number of aliphatic hydroxyl groups excluding tert-OH is 1. The molecule has 0 aromatic heterocycles. The normalized spacial score (nSPS) is 18.2. The van der Waals surface area contributed by atoms with Crippen molar-refractivity contribution < 1.29 is 18.7 Å². The second-order valence-electron chi connectivity index (χ2n) is 6.23. The molecule has 2 aromatic rings. The van der Waals surface area contributed by atoms with E-state index in [1.807, 2.05) is 18.2 Å². The van der Waals surface area contributed by atoms with E-state index in [4.69, 9.17) is 0 Å². The zero-order chi connectivity index (χ0) is 17.8. The molecule has 0 radical (unpaired) electrons. The number of aliphatic hydroxyl groups is 1. The molecule has 132 valence electrons. The molecule has 1 saturated heterocycles. The van der Waals surface area contributed by atoms with Gasteiger partial charge in [0.1, 0.15) is 11.6 Å². The molecule has 0 unspecified atom stereocenters. The molecule has 0 saturated carbocycles. The number of benzene rings is 2. The molecular weight excluding hydrogens is 326 g/mol. The molecule has 3 rings (SSSR count). The largest absolute Gasteiger partial charge is 0.388 e. The molecule has 0 aliphatic carbocycles. The van der Waals surface area contributed by atoms with Gasteiger partial charge in [-0.25, -0.2) is 8.78 Å². The highest BCUT2D eigenvalue weighted by molar-refractivity contribution is 5.77. The average Bonchev–Trinajstić information content (AvgIpc) is 3.03. The van der Waals surface area contributed by atoms with Gasteiger partial charge in [-0.1, -0.05) is 30.3 Å². The first kappa shape index (κ1) is 17.4. The maximum atomic E-state index is 13.8. The van der Waals surface area contributed by atoms with Crippen LogP contribution in [0.15, 0.2) is 48.5 Å². The van der Waals surface area contributed by atoms with E-state index in [-0.39, 0.29) is 18.4 Å². The summed E-state index contributed by atoms with van der Waals surface area (Å²) in [6.45, 7) is 1.03. The summed E-state index contributed by atoms with van der Waals surface area (Å²) in [5, 5.41) is 13.0. The Hall–Kier alpha value is -2.47. The molecule has 0 bridgehead atoms. The van der Waals surface area contributed by atoms with Crippen molar-refractivity contribution in [2.45, 2.75) is 25.0 Å². The molecule has 1 amide bonds. The second kappa shape index (κ2) is 7.61. The molecule has 25 heavy (non-hydrogen) atoms. The first-order chi connectivity index (χ1) is 12.0. The summed E-state index contributed by atoms with van der Waals surface area (Å²) in [6.07, 6.45) is -0.205. The van der Waals surface area contributed by atoms with Crippen molar-refractivity contribution in [3.8, 4) is 0 Å². The smallest absolute Gasteiger partial charge is 0.223 e. The number of nitrogens with one attached hydrogen (secondary N) is 1. The van der Waals surface area contributed by atoms with Gasteiger partial charge in [-0.3, -0.25) is 4.79 Å². The predicted molar refractivity (Wildman–Crippen MR) is 91.1 cm³/mol. The fraction of sp³-hybridized carbons (Fsp3) is 0.316. The Morgan fingerprint density at radius 3 is 2.72 bits per heavy atom. The highest BCUT2D eigenvalue weighted by Crippen LogP contribution is 2.24. The third kappa shape index (κ3) is 4.33. The van der Waals surface area contributed by atoms with Crippen molar-refractivity contribution in [3.63, 3.8) is 0 Å². The maximum absolute atomic E-state index is 13.8. The molecule has 1 aliphatic heterocycles. The van der Waals surface area contributed by atoms with E-state index < -0.39 is 17.7 Å². The second-order valence-corrected chi connectivity index (χ2v) is 6.23. The van der Waals surface area contributed by atoms with Gasteiger partial charge in [0.15, 0.2) is 0 Å². The number of carbonyl (C=O) groups is 1. The van der Waals surface area contributed by atoms with Gasteiger partial charge < -0.3 is 15.3 Å². The van der Waals surface area contributed by atoms with Crippen molar-refractivity contribution in [1.29, 1.82) is 0 Å². The molecule has 4 nitrogen and oxygen atoms in total. The lowest BCUT2D eigenvalue weighted by molar-refractivity contribution is -0.123. The SMILES string of the molecule is O=C(C[C@@H](O)c1ccccc1)N[C@H]1CCN(c2ccc(F)cc2F)C1. The third-order valence-corrected chi connectivity index (χ3v) is 4.37. The number of anilines is 1. The highest BCUT2D eigenvalue weighted by atomic mass is 19.1. The van der Waals surface area contributed by atoms with Gasteiger partial charge in [0.25, 0.3) is 0 Å². The zero-order valence-corrected chi connectivity index (χ0v) is 13.7. The summed E-state index contributed by atoms with van der Waals surface area (Å²) in [7, 11) is 0. The van der Waals surface area contributed by atoms with E-state index in [1.54, 1.807) is 17.0 Å². The van der Waals surface area contributed by atoms with Crippen LogP contribution in [-0.2, 0) is 4.79 Å². The number of hydrogen-bond acceptors (Lipinski definition) is 3. The Morgan fingerprint density at radius 1 is 1.24 bits per heavy atom. The van der Waals surface area contributed by atoms with Crippen LogP contribution in [0.2, 0.25) is 0 Å². The number of halogens is 2. The molecular formula is C19H20F2N2O2. The number of rotatable bonds is 5. The van der Waals surface area contributed by atoms with Gasteiger partial charge in [0.2, 0.25) is 5.91 Å². The molecule has 1 aliphatic rings. The zero-order valence-electron chi connectivity index (χ0n) is 13.7. The van der Waals surface area contributed by atoms with Crippen LogP contribution < -0.4 is 10.2 Å². The molecule has 0 spiro atoms. The minimum absolute atomic E-state index is 0.0224. The maximum Gasteiger partial charge on any atom is 0.223 e. The summed E-state index contributed by atoms with van der Waals surface area (Å²) < 4.78 is 26.9. The molecule has 2 N–H and O–H groups in total. The fourth-order valence-electron chi connectivity index (χ4n) is 3.09. The first-order valence-corrected chi connectivity index (χ1v) is 8.25. The Morgan fingerprint density at radius 2 is 2.00 bits per heavy atom. The van der Waals surface area contributed by atoms with E-state index in [0.29, 0.717) is 30.8 Å². The van der Waals surface area contributed by atoms with Crippen LogP contribution in [0.25, 0.3) is 0 Å². The quantitative estimate of drug-likeness (QED) is 0.875. The molecule has 1 fully saturated rings. The van der Waals surface area contributed by atoms with Gasteiger partial charge in [-0.2, -0.15) is 0 Å². The summed E-state index contributed by atoms with van der Waals surface area (Å²) in [5.41, 5.74) is 1.03. The third-order valence-electron chi connectivity index (χ3n) is 4.37. The van der Waals surface area contributed by atoms with Crippen molar-refractivity contribution >= 4 is 11.6 Å². The van der Waals surface area contributed by atoms with Crippen LogP contribution in [0.3, 0.4) is 0 Å². The van der Waals surface area contributed by atoms with E-state index in [1.165, 1.54) is 12.1 Å². The summed E-state index contributed by atoms with van der Waals surface area (Å²) in [4.78, 5) is 13.9. The fourth-order valence-corrected chi connectivity index (χ4v) is 3.09. The summed E-state index contributed by atoms with van der Waals surface area (Å²) in [6, 6.07) is 12.4. The monoisotopic (exact) mass is 346 g/mol. The average molecular weight is 346 g/mol. The van der Waals surface area contributed by atoms with Gasteiger partial charge >= 0.3 is 0 Å². The molecule has 2 aromatic carbocycles. The topological polar surface area (TPSA) is 52.6 Å². The van der Waals surface area contributed by atoms with Crippen LogP contribution in [0, 0.1) is 11.6 Å². The van der Waals surface area contributed by atoms with E-state index >= 15 is 0 Å². The Bertz CT molecular complexity index is 739. The van der Waals surface area contributed by atoms with Crippen LogP contribution in [0.1, 0.15) is 24.5 Å². The standard InChI is InChI=1S/C19H20F2N2O2/c20-14-6-7-17(16(21)10-14)23-9-8-15(12-23)22-19(25)11-18(24)13-4-2-1-3-5-13/h1-7,10,15,18,24H,8-9,11-12H2,(H,22,25)/t15-,18+/m0/s1. The van der Waals surface area contributed by atoms with Crippen molar-refractivity contribution in [3.05, 3.63) is 65.7 Å². The van der Waals surface area contributed by atoms with Gasteiger partial charge in [-0.05, 0) is 24.1 Å². The van der Waals surface area contributed by atoms with Crippen LogP contribution in [0.5, 0.6) is 0 Å². The molecule has 1 heterocycles. The number of hydrogen-bond donors (Lipinski definition) is 2. The molecule has 2 atom stereocenters. The van der Waals surface area contributed by atoms with E-state index in [9.17, 15) is 18.7 Å².